The van der Waals surface area contributed by atoms with Gasteiger partial charge in [-0.3, -0.25) is 4.57 Å². The van der Waals surface area contributed by atoms with Crippen LogP contribution in [0.4, 0.5) is 0 Å². The SMILES string of the molecule is CC(C)(C)OP(=O)(OC(C)(C)C)C(O)c1cccc(OCc2ccccc2-c2ccccc2)c1. The van der Waals surface area contributed by atoms with Crippen molar-refractivity contribution in [2.24, 2.45) is 0 Å². The lowest BCUT2D eigenvalue weighted by Crippen LogP contribution is -2.26. The van der Waals surface area contributed by atoms with E-state index < -0.39 is 24.6 Å². The van der Waals surface area contributed by atoms with Gasteiger partial charge in [0.05, 0.1) is 11.2 Å². The summed E-state index contributed by atoms with van der Waals surface area (Å²) in [5.74, 6) is -0.899. The predicted octanol–water partition coefficient (Wildman–Crippen LogP) is 7.75. The molecule has 0 bridgehead atoms. The second-order valence-electron chi connectivity index (χ2n) is 10.2. The maximum atomic E-state index is 13.7. The summed E-state index contributed by atoms with van der Waals surface area (Å²) in [5.41, 5.74) is 2.13. The van der Waals surface area contributed by atoms with Crippen LogP contribution in [0.2, 0.25) is 0 Å². The second-order valence-corrected chi connectivity index (χ2v) is 12.1. The van der Waals surface area contributed by atoms with Crippen LogP contribution in [0.5, 0.6) is 5.75 Å². The van der Waals surface area contributed by atoms with Crippen molar-refractivity contribution in [3.63, 3.8) is 0 Å². The van der Waals surface area contributed by atoms with E-state index in [1.54, 1.807) is 59.7 Å². The molecule has 3 aromatic rings. The van der Waals surface area contributed by atoms with Gasteiger partial charge in [0.2, 0.25) is 0 Å². The van der Waals surface area contributed by atoms with E-state index in [2.05, 4.69) is 18.2 Å². The van der Waals surface area contributed by atoms with Crippen LogP contribution in [0, 0.1) is 0 Å². The fourth-order valence-corrected chi connectivity index (χ4v) is 5.83. The number of hydrogen-bond acceptors (Lipinski definition) is 5. The lowest BCUT2D eigenvalue weighted by molar-refractivity contribution is 0.0271. The quantitative estimate of drug-likeness (QED) is 0.333. The van der Waals surface area contributed by atoms with Gasteiger partial charge in [-0.05, 0) is 75.9 Å². The topological polar surface area (TPSA) is 65.0 Å². The van der Waals surface area contributed by atoms with Gasteiger partial charge >= 0.3 is 7.60 Å². The van der Waals surface area contributed by atoms with Crippen molar-refractivity contribution in [3.05, 3.63) is 90.0 Å². The van der Waals surface area contributed by atoms with Gasteiger partial charge < -0.3 is 18.9 Å². The zero-order valence-corrected chi connectivity index (χ0v) is 21.7. The van der Waals surface area contributed by atoms with Gasteiger partial charge in [0, 0.05) is 0 Å². The smallest absolute Gasteiger partial charge is 0.364 e. The number of hydrogen-bond donors (Lipinski definition) is 1. The number of rotatable bonds is 8. The van der Waals surface area contributed by atoms with Crippen molar-refractivity contribution < 1.29 is 23.5 Å². The third-order valence-corrected chi connectivity index (χ3v) is 7.26. The van der Waals surface area contributed by atoms with E-state index in [-0.39, 0.29) is 0 Å². The van der Waals surface area contributed by atoms with Crippen LogP contribution < -0.4 is 4.74 Å². The molecule has 3 aromatic carbocycles. The summed E-state index contributed by atoms with van der Waals surface area (Å²) < 4.78 is 31.4. The van der Waals surface area contributed by atoms with Crippen LogP contribution in [-0.2, 0) is 20.2 Å². The molecule has 0 heterocycles. The number of aliphatic hydroxyl groups excluding tert-OH is 1. The van der Waals surface area contributed by atoms with Crippen LogP contribution in [0.3, 0.4) is 0 Å². The maximum Gasteiger partial charge on any atom is 0.364 e. The largest absolute Gasteiger partial charge is 0.489 e. The van der Waals surface area contributed by atoms with Crippen LogP contribution in [0.15, 0.2) is 78.9 Å². The van der Waals surface area contributed by atoms with Crippen molar-refractivity contribution >= 4 is 7.60 Å². The van der Waals surface area contributed by atoms with E-state index >= 15 is 0 Å². The molecule has 0 saturated heterocycles. The molecule has 0 spiro atoms. The average molecular weight is 483 g/mol. The Hall–Kier alpha value is -2.43. The van der Waals surface area contributed by atoms with Gasteiger partial charge in [-0.25, -0.2) is 0 Å². The summed E-state index contributed by atoms with van der Waals surface area (Å²) in [4.78, 5) is 0. The Bertz CT molecular complexity index is 1110. The molecule has 0 aliphatic heterocycles. The molecule has 34 heavy (non-hydrogen) atoms. The number of ether oxygens (including phenoxy) is 1. The van der Waals surface area contributed by atoms with Crippen molar-refractivity contribution in [2.75, 3.05) is 0 Å². The normalized spacial score (nSPS) is 13.5. The van der Waals surface area contributed by atoms with Gasteiger partial charge in [0.1, 0.15) is 12.4 Å². The van der Waals surface area contributed by atoms with Gasteiger partial charge in [-0.15, -0.1) is 0 Å². The third kappa shape index (κ3) is 7.28. The van der Waals surface area contributed by atoms with Gasteiger partial charge in [0.25, 0.3) is 0 Å². The molecule has 0 aliphatic carbocycles. The van der Waals surface area contributed by atoms with E-state index in [0.717, 1.165) is 16.7 Å². The summed E-state index contributed by atoms with van der Waals surface area (Å²) in [5, 5.41) is 11.1. The summed E-state index contributed by atoms with van der Waals surface area (Å²) in [7, 11) is -3.92. The summed E-state index contributed by atoms with van der Waals surface area (Å²) in [6.07, 6.45) is 0. The molecule has 3 rings (SSSR count). The fourth-order valence-electron chi connectivity index (χ4n) is 3.54. The molecule has 0 fully saturated rings. The first kappa shape index (κ1) is 26.2. The molecule has 6 heteroatoms. The highest BCUT2D eigenvalue weighted by Gasteiger charge is 2.42. The zero-order chi connectivity index (χ0) is 25.0. The van der Waals surface area contributed by atoms with E-state index in [1.165, 1.54) is 0 Å². The average Bonchev–Trinajstić information content (AvgIpc) is 2.75. The first-order valence-electron chi connectivity index (χ1n) is 11.4. The molecule has 182 valence electrons. The van der Waals surface area contributed by atoms with E-state index in [9.17, 15) is 9.67 Å². The predicted molar refractivity (Wildman–Crippen MR) is 137 cm³/mol. The van der Waals surface area contributed by atoms with Gasteiger partial charge in [-0.1, -0.05) is 66.7 Å². The van der Waals surface area contributed by atoms with Crippen LogP contribution in [0.25, 0.3) is 11.1 Å². The Morgan fingerprint density at radius 2 is 1.38 bits per heavy atom. The molecule has 1 N–H and O–H groups in total. The van der Waals surface area contributed by atoms with Crippen molar-refractivity contribution in [1.82, 2.24) is 0 Å². The molecule has 1 atom stereocenters. The summed E-state index contributed by atoms with van der Waals surface area (Å²) in [6, 6.07) is 25.2. The highest BCUT2D eigenvalue weighted by atomic mass is 31.2. The number of benzene rings is 3. The lowest BCUT2D eigenvalue weighted by Gasteiger charge is -2.34. The van der Waals surface area contributed by atoms with E-state index in [1.807, 2.05) is 42.5 Å². The molecular formula is C28H35O5P. The van der Waals surface area contributed by atoms with Gasteiger partial charge in [-0.2, -0.15) is 0 Å². The Labute approximate surface area is 203 Å². The van der Waals surface area contributed by atoms with Crippen molar-refractivity contribution in [3.8, 4) is 16.9 Å². The molecule has 0 aliphatic rings. The molecule has 5 nitrogen and oxygen atoms in total. The minimum Gasteiger partial charge on any atom is -0.489 e. The highest BCUT2D eigenvalue weighted by Crippen LogP contribution is 2.63. The fraction of sp³-hybridized carbons (Fsp3) is 0.357. The van der Waals surface area contributed by atoms with Crippen molar-refractivity contribution in [2.45, 2.75) is 65.2 Å². The Kier molecular flexibility index (Phi) is 8.05. The van der Waals surface area contributed by atoms with Gasteiger partial charge in [0.15, 0.2) is 5.85 Å². The van der Waals surface area contributed by atoms with E-state index in [4.69, 9.17) is 13.8 Å². The van der Waals surface area contributed by atoms with Crippen molar-refractivity contribution in [1.29, 1.82) is 0 Å². The molecule has 0 radical (unpaired) electrons. The second kappa shape index (κ2) is 10.5. The summed E-state index contributed by atoms with van der Waals surface area (Å²) in [6.45, 7) is 11.0. The van der Waals surface area contributed by atoms with Crippen LogP contribution in [0.1, 0.15) is 58.5 Å². The summed E-state index contributed by atoms with van der Waals surface area (Å²) >= 11 is 0. The highest BCUT2D eigenvalue weighted by molar-refractivity contribution is 7.54. The Balaban J connectivity index is 1.83. The zero-order valence-electron chi connectivity index (χ0n) is 20.8. The Morgan fingerprint density at radius 1 is 0.794 bits per heavy atom. The van der Waals surface area contributed by atoms with Crippen LogP contribution in [-0.4, -0.2) is 16.3 Å². The third-order valence-electron chi connectivity index (χ3n) is 4.75. The van der Waals surface area contributed by atoms with E-state index in [0.29, 0.717) is 17.9 Å². The monoisotopic (exact) mass is 482 g/mol. The minimum absolute atomic E-state index is 0.346. The standard InChI is InChI=1S/C28H35O5P/c1-27(2,3)32-34(30,33-28(4,5)6)26(29)22-16-12-17-24(19-22)31-20-23-15-10-11-18-25(23)21-13-8-7-9-14-21/h7-19,26,29H,20H2,1-6H3. The molecular weight excluding hydrogens is 447 g/mol. The minimum atomic E-state index is -3.92. The first-order valence-corrected chi connectivity index (χ1v) is 13.0. The molecule has 0 saturated carbocycles. The lowest BCUT2D eigenvalue weighted by atomic mass is 10.0. The molecule has 1 unspecified atom stereocenters. The first-order chi connectivity index (χ1) is 15.9. The Morgan fingerprint density at radius 3 is 2.00 bits per heavy atom. The number of aliphatic hydroxyl groups is 1. The molecule has 0 aromatic heterocycles. The maximum absolute atomic E-state index is 13.7. The van der Waals surface area contributed by atoms with Crippen LogP contribution >= 0.6 is 7.60 Å². The molecule has 0 amide bonds.